The second-order valence-electron chi connectivity index (χ2n) is 4.39. The van der Waals surface area contributed by atoms with E-state index in [4.69, 9.17) is 9.15 Å². The minimum atomic E-state index is 0.907. The van der Waals surface area contributed by atoms with Crippen molar-refractivity contribution < 1.29 is 14.5 Å². The molecule has 1 aromatic heterocycles. The predicted octanol–water partition coefficient (Wildman–Crippen LogP) is 1.90. The first-order valence-electron chi connectivity index (χ1n) is 6.28. The lowest BCUT2D eigenvalue weighted by molar-refractivity contribution is -0.671. The van der Waals surface area contributed by atoms with Crippen LogP contribution in [0.4, 0.5) is 0 Å². The third kappa shape index (κ3) is 3.64. The van der Waals surface area contributed by atoms with Gasteiger partial charge in [-0.1, -0.05) is 12.1 Å². The maximum Gasteiger partial charge on any atom is 0.158 e. The highest BCUT2D eigenvalue weighted by Gasteiger charge is 2.01. The molecule has 18 heavy (non-hydrogen) atoms. The van der Waals surface area contributed by atoms with E-state index in [1.165, 1.54) is 5.56 Å². The summed E-state index contributed by atoms with van der Waals surface area (Å²) in [6, 6.07) is 12.3. The van der Waals surface area contributed by atoms with Gasteiger partial charge in [0.1, 0.15) is 18.1 Å². The van der Waals surface area contributed by atoms with Gasteiger partial charge in [0.05, 0.1) is 13.7 Å². The lowest BCUT2D eigenvalue weighted by atomic mass is 10.1. The van der Waals surface area contributed by atoms with Gasteiger partial charge in [0.15, 0.2) is 5.76 Å². The molecule has 3 nitrogen and oxygen atoms in total. The number of rotatable bonds is 6. The van der Waals surface area contributed by atoms with Crippen LogP contribution in [0.25, 0.3) is 0 Å². The first-order valence-corrected chi connectivity index (χ1v) is 6.28. The van der Waals surface area contributed by atoms with Gasteiger partial charge >= 0.3 is 0 Å². The SMILES string of the molecule is COc1ccc(CC[NH2+]Cc2ccc(C)o2)cc1. The van der Waals surface area contributed by atoms with Crippen molar-refractivity contribution in [3.8, 4) is 5.75 Å². The Kier molecular flexibility index (Phi) is 4.42. The summed E-state index contributed by atoms with van der Waals surface area (Å²) in [4.78, 5) is 0. The molecule has 2 N–H and O–H groups in total. The van der Waals surface area contributed by atoms with E-state index in [1.54, 1.807) is 7.11 Å². The molecule has 0 spiro atoms. The largest absolute Gasteiger partial charge is 0.497 e. The maximum atomic E-state index is 5.52. The van der Waals surface area contributed by atoms with Crippen LogP contribution in [0.1, 0.15) is 17.1 Å². The van der Waals surface area contributed by atoms with E-state index in [0.717, 1.165) is 36.8 Å². The predicted molar refractivity (Wildman–Crippen MR) is 70.6 cm³/mol. The minimum absolute atomic E-state index is 0.907. The number of aryl methyl sites for hydroxylation is 1. The molecule has 0 aliphatic carbocycles. The molecular formula is C15H20NO2+. The van der Waals surface area contributed by atoms with Crippen LogP contribution in [0.3, 0.4) is 0 Å². The average molecular weight is 246 g/mol. The van der Waals surface area contributed by atoms with Crippen molar-refractivity contribution >= 4 is 0 Å². The number of hydrogen-bond donors (Lipinski definition) is 1. The van der Waals surface area contributed by atoms with Crippen LogP contribution in [0, 0.1) is 6.92 Å². The Bertz CT molecular complexity index is 473. The molecule has 3 heteroatoms. The summed E-state index contributed by atoms with van der Waals surface area (Å²) in [6.45, 7) is 3.94. The van der Waals surface area contributed by atoms with Crippen molar-refractivity contribution in [1.29, 1.82) is 0 Å². The second-order valence-corrected chi connectivity index (χ2v) is 4.39. The van der Waals surface area contributed by atoms with Gasteiger partial charge in [0.2, 0.25) is 0 Å². The smallest absolute Gasteiger partial charge is 0.158 e. The molecule has 1 heterocycles. The fourth-order valence-corrected chi connectivity index (χ4v) is 1.90. The van der Waals surface area contributed by atoms with Crippen molar-refractivity contribution in [3.63, 3.8) is 0 Å². The van der Waals surface area contributed by atoms with Crippen LogP contribution in [-0.4, -0.2) is 13.7 Å². The molecule has 0 atom stereocenters. The Hall–Kier alpha value is -1.74. The number of methoxy groups -OCH3 is 1. The third-order valence-corrected chi connectivity index (χ3v) is 2.94. The molecule has 0 amide bonds. The maximum absolute atomic E-state index is 5.52. The molecule has 0 bridgehead atoms. The standard InChI is InChI=1S/C15H19NO2/c1-12-3-6-15(18-12)11-16-10-9-13-4-7-14(17-2)8-5-13/h3-8,16H,9-11H2,1-2H3/p+1. The number of nitrogens with two attached hydrogens (primary N) is 1. The van der Waals surface area contributed by atoms with E-state index in [9.17, 15) is 0 Å². The second kappa shape index (κ2) is 6.26. The number of benzene rings is 1. The Morgan fingerprint density at radius 2 is 1.89 bits per heavy atom. The van der Waals surface area contributed by atoms with Crippen molar-refractivity contribution in [2.45, 2.75) is 19.9 Å². The quantitative estimate of drug-likeness (QED) is 0.791. The summed E-state index contributed by atoms with van der Waals surface area (Å²) in [7, 11) is 1.69. The molecule has 0 saturated carbocycles. The monoisotopic (exact) mass is 246 g/mol. The van der Waals surface area contributed by atoms with Crippen molar-refractivity contribution in [2.24, 2.45) is 0 Å². The number of furan rings is 1. The molecule has 0 aliphatic rings. The van der Waals surface area contributed by atoms with Crippen LogP contribution in [0.5, 0.6) is 5.75 Å². The van der Waals surface area contributed by atoms with Crippen LogP contribution in [-0.2, 0) is 13.0 Å². The summed E-state index contributed by atoms with van der Waals surface area (Å²) < 4.78 is 10.7. The van der Waals surface area contributed by atoms with Gasteiger partial charge in [-0.05, 0) is 36.8 Å². The first-order chi connectivity index (χ1) is 8.78. The van der Waals surface area contributed by atoms with E-state index >= 15 is 0 Å². The zero-order valence-corrected chi connectivity index (χ0v) is 11.0. The van der Waals surface area contributed by atoms with Crippen LogP contribution in [0.2, 0.25) is 0 Å². The number of hydrogen-bond acceptors (Lipinski definition) is 2. The fraction of sp³-hybridized carbons (Fsp3) is 0.333. The lowest BCUT2D eigenvalue weighted by Crippen LogP contribution is -2.83. The summed E-state index contributed by atoms with van der Waals surface area (Å²) in [5.41, 5.74) is 1.34. The van der Waals surface area contributed by atoms with Gasteiger partial charge in [0, 0.05) is 6.42 Å². The summed E-state index contributed by atoms with van der Waals surface area (Å²) in [5, 5.41) is 2.27. The van der Waals surface area contributed by atoms with Gasteiger partial charge in [-0.2, -0.15) is 0 Å². The van der Waals surface area contributed by atoms with E-state index < -0.39 is 0 Å². The van der Waals surface area contributed by atoms with Gasteiger partial charge in [-0.15, -0.1) is 0 Å². The first kappa shape index (κ1) is 12.7. The molecule has 1 aromatic carbocycles. The van der Waals surface area contributed by atoms with Gasteiger partial charge in [0.25, 0.3) is 0 Å². The van der Waals surface area contributed by atoms with E-state index in [1.807, 2.05) is 31.2 Å². The molecule has 0 radical (unpaired) electrons. The highest BCUT2D eigenvalue weighted by molar-refractivity contribution is 5.27. The molecule has 96 valence electrons. The molecule has 2 aromatic rings. The van der Waals surface area contributed by atoms with Crippen LogP contribution >= 0.6 is 0 Å². The summed E-state index contributed by atoms with van der Waals surface area (Å²) >= 11 is 0. The molecular weight excluding hydrogens is 226 g/mol. The minimum Gasteiger partial charge on any atom is -0.497 e. The van der Waals surface area contributed by atoms with Crippen LogP contribution in [0.15, 0.2) is 40.8 Å². The highest BCUT2D eigenvalue weighted by Crippen LogP contribution is 2.11. The van der Waals surface area contributed by atoms with E-state index in [-0.39, 0.29) is 0 Å². The Morgan fingerprint density at radius 1 is 1.11 bits per heavy atom. The Labute approximate surface area is 108 Å². The number of quaternary nitrogens is 1. The summed E-state index contributed by atoms with van der Waals surface area (Å²) in [5.74, 6) is 2.93. The summed E-state index contributed by atoms with van der Waals surface area (Å²) in [6.07, 6.45) is 1.06. The van der Waals surface area contributed by atoms with E-state index in [0.29, 0.717) is 0 Å². The third-order valence-electron chi connectivity index (χ3n) is 2.94. The Morgan fingerprint density at radius 3 is 2.50 bits per heavy atom. The van der Waals surface area contributed by atoms with Gasteiger partial charge < -0.3 is 14.5 Å². The normalized spacial score (nSPS) is 10.6. The van der Waals surface area contributed by atoms with Gasteiger partial charge in [-0.25, -0.2) is 0 Å². The number of ether oxygens (including phenoxy) is 1. The van der Waals surface area contributed by atoms with E-state index in [2.05, 4.69) is 17.4 Å². The highest BCUT2D eigenvalue weighted by atomic mass is 16.5. The Balaban J connectivity index is 1.71. The van der Waals surface area contributed by atoms with Crippen molar-refractivity contribution in [2.75, 3.05) is 13.7 Å². The average Bonchev–Trinajstić information content (AvgIpc) is 2.81. The zero-order chi connectivity index (χ0) is 12.8. The molecule has 0 fully saturated rings. The molecule has 0 unspecified atom stereocenters. The fourth-order valence-electron chi connectivity index (χ4n) is 1.90. The van der Waals surface area contributed by atoms with Crippen LogP contribution < -0.4 is 10.1 Å². The zero-order valence-electron chi connectivity index (χ0n) is 11.0. The van der Waals surface area contributed by atoms with Crippen molar-refractivity contribution in [1.82, 2.24) is 0 Å². The molecule has 0 saturated heterocycles. The topological polar surface area (TPSA) is 39.0 Å². The van der Waals surface area contributed by atoms with Gasteiger partial charge in [-0.3, -0.25) is 0 Å². The van der Waals surface area contributed by atoms with Crippen molar-refractivity contribution in [3.05, 3.63) is 53.5 Å². The molecule has 0 aliphatic heterocycles. The lowest BCUT2D eigenvalue weighted by Gasteiger charge is -2.03. The molecule has 2 rings (SSSR count).